The lowest BCUT2D eigenvalue weighted by Gasteiger charge is -2.37. The SMILES string of the molecule is COC1CCN(C(=O)CCC(=O)N2Cc3ccccc3C[C@H]2C(=O)N[C@@H](CCN)C(=O)Nc2ccc(Cl)c(C)c2)CC1. The van der Waals surface area contributed by atoms with Crippen molar-refractivity contribution in [3.05, 3.63) is 64.2 Å². The van der Waals surface area contributed by atoms with E-state index in [0.29, 0.717) is 30.2 Å². The molecule has 1 fully saturated rings. The van der Waals surface area contributed by atoms with E-state index in [-0.39, 0.29) is 50.3 Å². The second kappa shape index (κ2) is 14.6. The largest absolute Gasteiger partial charge is 0.381 e. The number of aryl methyl sites for hydroxylation is 1. The first kappa shape index (κ1) is 31.5. The maximum absolute atomic E-state index is 13.7. The van der Waals surface area contributed by atoms with Crippen LogP contribution >= 0.6 is 11.6 Å². The van der Waals surface area contributed by atoms with Crippen LogP contribution in [0, 0.1) is 6.92 Å². The van der Waals surface area contributed by atoms with Crippen LogP contribution in [-0.4, -0.2) is 78.4 Å². The minimum atomic E-state index is -0.899. The van der Waals surface area contributed by atoms with Gasteiger partial charge in [0.25, 0.3) is 0 Å². The van der Waals surface area contributed by atoms with E-state index in [4.69, 9.17) is 22.1 Å². The minimum Gasteiger partial charge on any atom is -0.381 e. The number of hydrogen-bond acceptors (Lipinski definition) is 6. The number of likely N-dealkylation sites (tertiary alicyclic amines) is 1. The Morgan fingerprint density at radius 2 is 1.74 bits per heavy atom. The Hall–Kier alpha value is -3.47. The molecular weight excluding hydrogens is 558 g/mol. The van der Waals surface area contributed by atoms with Gasteiger partial charge in [0.1, 0.15) is 12.1 Å². The first-order valence-electron chi connectivity index (χ1n) is 14.4. The van der Waals surface area contributed by atoms with Gasteiger partial charge in [-0.15, -0.1) is 0 Å². The van der Waals surface area contributed by atoms with Crippen LogP contribution in [0.4, 0.5) is 5.69 Å². The van der Waals surface area contributed by atoms with Crippen molar-refractivity contribution in [2.75, 3.05) is 32.1 Å². The van der Waals surface area contributed by atoms with Crippen LogP contribution in [0.25, 0.3) is 0 Å². The topological polar surface area (TPSA) is 134 Å². The fourth-order valence-electron chi connectivity index (χ4n) is 5.53. The molecule has 2 atom stereocenters. The zero-order valence-corrected chi connectivity index (χ0v) is 25.0. The lowest BCUT2D eigenvalue weighted by Crippen LogP contribution is -2.56. The summed E-state index contributed by atoms with van der Waals surface area (Å²) >= 11 is 6.11. The van der Waals surface area contributed by atoms with E-state index < -0.39 is 23.9 Å². The Kier molecular flexibility index (Phi) is 11.0. The Morgan fingerprint density at radius 3 is 2.40 bits per heavy atom. The fourth-order valence-corrected chi connectivity index (χ4v) is 5.65. The van der Waals surface area contributed by atoms with E-state index in [1.807, 2.05) is 31.2 Å². The molecule has 4 amide bonds. The van der Waals surface area contributed by atoms with Crippen molar-refractivity contribution in [2.24, 2.45) is 5.73 Å². The second-order valence-electron chi connectivity index (χ2n) is 10.9. The number of methoxy groups -OCH3 is 1. The highest BCUT2D eigenvalue weighted by Crippen LogP contribution is 2.25. The normalized spacial score (nSPS) is 17.8. The summed E-state index contributed by atoms with van der Waals surface area (Å²) in [4.78, 5) is 56.5. The molecule has 226 valence electrons. The quantitative estimate of drug-likeness (QED) is 0.386. The van der Waals surface area contributed by atoms with Crippen molar-refractivity contribution in [2.45, 2.75) is 70.2 Å². The molecule has 2 aliphatic heterocycles. The van der Waals surface area contributed by atoms with Crippen molar-refractivity contribution >= 4 is 40.9 Å². The maximum Gasteiger partial charge on any atom is 0.246 e. The van der Waals surface area contributed by atoms with Crippen LogP contribution in [-0.2, 0) is 36.9 Å². The number of halogens is 1. The van der Waals surface area contributed by atoms with Crippen molar-refractivity contribution in [3.8, 4) is 0 Å². The van der Waals surface area contributed by atoms with Crippen LogP contribution in [0.3, 0.4) is 0 Å². The summed E-state index contributed by atoms with van der Waals surface area (Å²) in [6, 6.07) is 11.1. The second-order valence-corrected chi connectivity index (χ2v) is 11.3. The van der Waals surface area contributed by atoms with E-state index in [9.17, 15) is 19.2 Å². The van der Waals surface area contributed by atoms with Crippen LogP contribution in [0.15, 0.2) is 42.5 Å². The molecular formula is C31H40ClN5O5. The van der Waals surface area contributed by atoms with E-state index >= 15 is 0 Å². The first-order valence-corrected chi connectivity index (χ1v) is 14.8. The van der Waals surface area contributed by atoms with Crippen molar-refractivity contribution in [1.29, 1.82) is 0 Å². The molecule has 42 heavy (non-hydrogen) atoms. The number of nitrogens with two attached hydrogens (primary N) is 1. The number of nitrogens with zero attached hydrogens (tertiary/aromatic N) is 2. The Balaban J connectivity index is 1.44. The number of ether oxygens (including phenoxy) is 1. The maximum atomic E-state index is 13.7. The summed E-state index contributed by atoms with van der Waals surface area (Å²) in [7, 11) is 1.68. The van der Waals surface area contributed by atoms with Gasteiger partial charge < -0.3 is 30.9 Å². The molecule has 4 rings (SSSR count). The zero-order valence-electron chi connectivity index (χ0n) is 24.2. The Bertz CT molecular complexity index is 1300. The number of carbonyl (C=O) groups excluding carboxylic acids is 4. The smallest absolute Gasteiger partial charge is 0.246 e. The fraction of sp³-hybridized carbons (Fsp3) is 0.484. The zero-order chi connectivity index (χ0) is 30.2. The number of rotatable bonds is 10. The third-order valence-electron chi connectivity index (χ3n) is 8.07. The Labute approximate surface area is 251 Å². The molecule has 2 aromatic carbocycles. The minimum absolute atomic E-state index is 0.00236. The molecule has 2 heterocycles. The molecule has 4 N–H and O–H groups in total. The molecule has 0 spiro atoms. The molecule has 0 radical (unpaired) electrons. The average Bonchev–Trinajstić information content (AvgIpc) is 3.00. The highest BCUT2D eigenvalue weighted by atomic mass is 35.5. The number of fused-ring (bicyclic) bond motifs is 1. The number of amides is 4. The molecule has 1 saturated heterocycles. The predicted octanol–water partition coefficient (Wildman–Crippen LogP) is 2.79. The van der Waals surface area contributed by atoms with Gasteiger partial charge in [0, 0.05) is 56.7 Å². The van der Waals surface area contributed by atoms with Gasteiger partial charge in [-0.1, -0.05) is 35.9 Å². The van der Waals surface area contributed by atoms with Gasteiger partial charge in [-0.2, -0.15) is 0 Å². The van der Waals surface area contributed by atoms with Gasteiger partial charge in [0.15, 0.2) is 0 Å². The van der Waals surface area contributed by atoms with Crippen LogP contribution in [0.5, 0.6) is 0 Å². The van der Waals surface area contributed by atoms with Crippen LogP contribution in [0.2, 0.25) is 5.02 Å². The molecule has 0 unspecified atom stereocenters. The van der Waals surface area contributed by atoms with Gasteiger partial charge >= 0.3 is 0 Å². The van der Waals surface area contributed by atoms with E-state index in [1.54, 1.807) is 30.2 Å². The number of hydrogen-bond donors (Lipinski definition) is 3. The number of nitrogens with one attached hydrogen (secondary N) is 2. The van der Waals surface area contributed by atoms with Gasteiger partial charge in [-0.25, -0.2) is 0 Å². The molecule has 2 aliphatic rings. The van der Waals surface area contributed by atoms with E-state index in [1.165, 1.54) is 4.90 Å². The van der Waals surface area contributed by atoms with Gasteiger partial charge in [0.05, 0.1) is 6.10 Å². The first-order chi connectivity index (χ1) is 20.2. The molecule has 10 nitrogen and oxygen atoms in total. The lowest BCUT2D eigenvalue weighted by molar-refractivity contribution is -0.144. The molecule has 2 aromatic rings. The Morgan fingerprint density at radius 1 is 1.05 bits per heavy atom. The standard InChI is InChI=1S/C31H40ClN5O5/c1-20-17-23(7-8-25(20)32)34-30(40)26(11-14-33)35-31(41)27-18-21-5-3-4-6-22(21)19-37(27)29(39)10-9-28(38)36-15-12-24(42-2)13-16-36/h3-8,17,24,26-27H,9-16,18-19,33H2,1-2H3,(H,34,40)(H,35,41)/t26-,27-/m0/s1. The number of carbonyl (C=O) groups is 4. The summed E-state index contributed by atoms with van der Waals surface area (Å²) in [5.41, 5.74) is 9.07. The molecule has 0 aromatic heterocycles. The monoisotopic (exact) mass is 597 g/mol. The summed E-state index contributed by atoms with van der Waals surface area (Å²) in [5.74, 6) is -1.20. The number of anilines is 1. The summed E-state index contributed by atoms with van der Waals surface area (Å²) in [5, 5.41) is 6.25. The summed E-state index contributed by atoms with van der Waals surface area (Å²) < 4.78 is 5.38. The van der Waals surface area contributed by atoms with Crippen molar-refractivity contribution in [1.82, 2.24) is 15.1 Å². The highest BCUT2D eigenvalue weighted by Gasteiger charge is 2.36. The lowest BCUT2D eigenvalue weighted by atomic mass is 9.92. The van der Waals surface area contributed by atoms with Gasteiger partial charge in [-0.3, -0.25) is 19.2 Å². The number of piperidine rings is 1. The van der Waals surface area contributed by atoms with E-state index in [0.717, 1.165) is 29.5 Å². The average molecular weight is 598 g/mol. The predicted molar refractivity (Wildman–Crippen MR) is 161 cm³/mol. The van der Waals surface area contributed by atoms with E-state index in [2.05, 4.69) is 10.6 Å². The summed E-state index contributed by atoms with van der Waals surface area (Å²) in [6.45, 7) is 3.47. The van der Waals surface area contributed by atoms with Crippen LogP contribution < -0.4 is 16.4 Å². The van der Waals surface area contributed by atoms with Gasteiger partial charge in [0.2, 0.25) is 23.6 Å². The summed E-state index contributed by atoms with van der Waals surface area (Å²) in [6.07, 6.45) is 2.30. The highest BCUT2D eigenvalue weighted by molar-refractivity contribution is 6.31. The van der Waals surface area contributed by atoms with Crippen molar-refractivity contribution < 1.29 is 23.9 Å². The molecule has 0 saturated carbocycles. The molecule has 11 heteroatoms. The van der Waals surface area contributed by atoms with Gasteiger partial charge in [-0.05, 0) is 67.6 Å². The molecule has 0 bridgehead atoms. The third kappa shape index (κ3) is 7.87. The van der Waals surface area contributed by atoms with Crippen LogP contribution in [0.1, 0.15) is 48.8 Å². The third-order valence-corrected chi connectivity index (χ3v) is 8.49. The molecule has 0 aliphatic carbocycles. The van der Waals surface area contributed by atoms with Crippen molar-refractivity contribution in [3.63, 3.8) is 0 Å². The number of benzene rings is 2.